The number of carbonyl (C=O) groups excluding carboxylic acids is 1. The molecular formula is C23H24N2O3S2. The topological polar surface area (TPSA) is 75.3 Å². The van der Waals surface area contributed by atoms with Crippen molar-refractivity contribution in [1.29, 1.82) is 0 Å². The van der Waals surface area contributed by atoms with Gasteiger partial charge in [0.1, 0.15) is 6.04 Å². The fourth-order valence-electron chi connectivity index (χ4n) is 2.94. The summed E-state index contributed by atoms with van der Waals surface area (Å²) in [7, 11) is -3.86. The standard InChI is InChI=1S/C23H24N2O3S2/c1-17-11-13-21(14-12-17)30(27,28)25-22(15-18-7-4-3-5-8-18)23(26)24-19-9-6-10-20(16-19)29-2/h3-14,16,22,25H,15H2,1-2H3,(H,24,26)/t22-/m1/s1. The Labute approximate surface area is 182 Å². The Morgan fingerprint density at radius 1 is 0.967 bits per heavy atom. The molecule has 1 amide bonds. The second-order valence-corrected chi connectivity index (χ2v) is 9.49. The number of rotatable bonds is 8. The Morgan fingerprint density at radius 3 is 2.33 bits per heavy atom. The van der Waals surface area contributed by atoms with Gasteiger partial charge in [0.15, 0.2) is 0 Å². The van der Waals surface area contributed by atoms with Crippen LogP contribution < -0.4 is 10.0 Å². The smallest absolute Gasteiger partial charge is 0.242 e. The van der Waals surface area contributed by atoms with Gasteiger partial charge in [0.2, 0.25) is 15.9 Å². The molecule has 1 atom stereocenters. The highest BCUT2D eigenvalue weighted by molar-refractivity contribution is 7.98. The van der Waals surface area contributed by atoms with E-state index in [9.17, 15) is 13.2 Å². The van der Waals surface area contributed by atoms with Gasteiger partial charge in [0, 0.05) is 10.6 Å². The van der Waals surface area contributed by atoms with Gasteiger partial charge in [-0.25, -0.2) is 8.42 Å². The molecule has 2 N–H and O–H groups in total. The number of benzene rings is 3. The monoisotopic (exact) mass is 440 g/mol. The van der Waals surface area contributed by atoms with Crippen LogP contribution in [-0.4, -0.2) is 26.6 Å². The van der Waals surface area contributed by atoms with Crippen LogP contribution in [0.5, 0.6) is 0 Å². The maximum Gasteiger partial charge on any atom is 0.242 e. The quantitative estimate of drug-likeness (QED) is 0.514. The molecule has 30 heavy (non-hydrogen) atoms. The predicted octanol–water partition coefficient (Wildman–Crippen LogP) is 4.25. The zero-order chi connectivity index (χ0) is 21.6. The van der Waals surface area contributed by atoms with Crippen LogP contribution in [0.3, 0.4) is 0 Å². The molecule has 0 fully saturated rings. The third kappa shape index (κ3) is 5.95. The molecular weight excluding hydrogens is 416 g/mol. The normalized spacial score (nSPS) is 12.3. The highest BCUT2D eigenvalue weighted by Gasteiger charge is 2.26. The molecule has 0 spiro atoms. The Hall–Kier alpha value is -2.61. The first-order valence-electron chi connectivity index (χ1n) is 9.45. The predicted molar refractivity (Wildman–Crippen MR) is 122 cm³/mol. The minimum Gasteiger partial charge on any atom is -0.325 e. The number of sulfonamides is 1. The average molecular weight is 441 g/mol. The molecule has 0 aliphatic carbocycles. The fourth-order valence-corrected chi connectivity index (χ4v) is 4.60. The number of carbonyl (C=O) groups is 1. The van der Waals surface area contributed by atoms with Gasteiger partial charge in [0.05, 0.1) is 4.90 Å². The lowest BCUT2D eigenvalue weighted by Crippen LogP contribution is -2.45. The van der Waals surface area contributed by atoms with E-state index in [1.54, 1.807) is 30.0 Å². The van der Waals surface area contributed by atoms with E-state index >= 15 is 0 Å². The molecule has 0 aliphatic rings. The first-order valence-corrected chi connectivity index (χ1v) is 12.2. The van der Waals surface area contributed by atoms with Crippen molar-refractivity contribution in [1.82, 2.24) is 4.72 Å². The van der Waals surface area contributed by atoms with Crippen molar-refractivity contribution in [3.05, 3.63) is 90.0 Å². The summed E-state index contributed by atoms with van der Waals surface area (Å²) >= 11 is 1.57. The van der Waals surface area contributed by atoms with E-state index in [4.69, 9.17) is 0 Å². The van der Waals surface area contributed by atoms with Crippen LogP contribution in [0.15, 0.2) is 88.7 Å². The maximum absolute atomic E-state index is 13.0. The average Bonchev–Trinajstić information content (AvgIpc) is 2.74. The van der Waals surface area contributed by atoms with Gasteiger partial charge in [-0.15, -0.1) is 11.8 Å². The van der Waals surface area contributed by atoms with Crippen LogP contribution in [0, 0.1) is 6.92 Å². The molecule has 0 aromatic heterocycles. The molecule has 0 saturated carbocycles. The van der Waals surface area contributed by atoms with Crippen LogP contribution in [-0.2, 0) is 21.2 Å². The van der Waals surface area contributed by atoms with Crippen molar-refractivity contribution < 1.29 is 13.2 Å². The lowest BCUT2D eigenvalue weighted by atomic mass is 10.1. The third-order valence-corrected chi connectivity index (χ3v) is 6.78. The minimum atomic E-state index is -3.86. The van der Waals surface area contributed by atoms with Crippen molar-refractivity contribution in [2.24, 2.45) is 0 Å². The van der Waals surface area contributed by atoms with E-state index in [1.165, 1.54) is 12.1 Å². The van der Waals surface area contributed by atoms with E-state index in [2.05, 4.69) is 10.0 Å². The Balaban J connectivity index is 1.85. The SMILES string of the molecule is CSc1cccc(NC(=O)[C@@H](Cc2ccccc2)NS(=O)(=O)c2ccc(C)cc2)c1. The van der Waals surface area contributed by atoms with E-state index < -0.39 is 22.0 Å². The summed E-state index contributed by atoms with van der Waals surface area (Å²) in [6.45, 7) is 1.89. The van der Waals surface area contributed by atoms with E-state index in [0.717, 1.165) is 16.0 Å². The van der Waals surface area contributed by atoms with E-state index in [-0.39, 0.29) is 11.3 Å². The molecule has 0 heterocycles. The van der Waals surface area contributed by atoms with E-state index in [0.29, 0.717) is 5.69 Å². The number of aryl methyl sites for hydroxylation is 1. The second-order valence-electron chi connectivity index (χ2n) is 6.90. The Kier molecular flexibility index (Phi) is 7.31. The van der Waals surface area contributed by atoms with Crippen LogP contribution in [0.1, 0.15) is 11.1 Å². The number of nitrogens with one attached hydrogen (secondary N) is 2. The zero-order valence-corrected chi connectivity index (χ0v) is 18.5. The summed E-state index contributed by atoms with van der Waals surface area (Å²) in [5.41, 5.74) is 2.45. The molecule has 5 nitrogen and oxygen atoms in total. The lowest BCUT2D eigenvalue weighted by molar-refractivity contribution is -0.117. The van der Waals surface area contributed by atoms with Gasteiger partial charge in [-0.1, -0.05) is 54.1 Å². The molecule has 3 rings (SSSR count). The van der Waals surface area contributed by atoms with Crippen LogP contribution in [0.25, 0.3) is 0 Å². The van der Waals surface area contributed by atoms with Crippen LogP contribution in [0.4, 0.5) is 5.69 Å². The summed E-state index contributed by atoms with van der Waals surface area (Å²) in [5, 5.41) is 2.84. The summed E-state index contributed by atoms with van der Waals surface area (Å²) in [6, 6.07) is 22.4. The fraction of sp³-hybridized carbons (Fsp3) is 0.174. The molecule has 0 aliphatic heterocycles. The molecule has 3 aromatic carbocycles. The summed E-state index contributed by atoms with van der Waals surface area (Å²) < 4.78 is 28.4. The summed E-state index contributed by atoms with van der Waals surface area (Å²) in [4.78, 5) is 14.2. The highest BCUT2D eigenvalue weighted by atomic mass is 32.2. The van der Waals surface area contributed by atoms with Crippen molar-refractivity contribution in [2.45, 2.75) is 29.2 Å². The van der Waals surface area contributed by atoms with Crippen molar-refractivity contribution in [3.8, 4) is 0 Å². The molecule has 0 saturated heterocycles. The summed E-state index contributed by atoms with van der Waals surface area (Å²) in [6.07, 6.45) is 2.19. The minimum absolute atomic E-state index is 0.128. The molecule has 0 unspecified atom stereocenters. The highest BCUT2D eigenvalue weighted by Crippen LogP contribution is 2.20. The molecule has 156 valence electrons. The lowest BCUT2D eigenvalue weighted by Gasteiger charge is -2.19. The number of thioether (sulfide) groups is 1. The molecule has 3 aromatic rings. The second kappa shape index (κ2) is 9.93. The van der Waals surface area contributed by atoms with Crippen molar-refractivity contribution in [2.75, 3.05) is 11.6 Å². The number of anilines is 1. The van der Waals surface area contributed by atoms with Crippen molar-refractivity contribution >= 4 is 33.4 Å². The van der Waals surface area contributed by atoms with E-state index in [1.807, 2.05) is 61.7 Å². The summed E-state index contributed by atoms with van der Waals surface area (Å²) in [5.74, 6) is -0.409. The van der Waals surface area contributed by atoms with Gasteiger partial charge in [-0.05, 0) is 55.5 Å². The molecule has 0 radical (unpaired) electrons. The van der Waals surface area contributed by atoms with Crippen LogP contribution >= 0.6 is 11.8 Å². The largest absolute Gasteiger partial charge is 0.325 e. The van der Waals surface area contributed by atoms with Gasteiger partial charge in [-0.3, -0.25) is 4.79 Å². The first kappa shape index (κ1) is 22.1. The number of hydrogen-bond donors (Lipinski definition) is 2. The molecule has 0 bridgehead atoms. The Morgan fingerprint density at radius 2 is 1.67 bits per heavy atom. The van der Waals surface area contributed by atoms with Gasteiger partial charge in [0.25, 0.3) is 0 Å². The molecule has 7 heteroatoms. The number of amides is 1. The first-order chi connectivity index (χ1) is 14.4. The zero-order valence-electron chi connectivity index (χ0n) is 16.8. The maximum atomic E-state index is 13.0. The van der Waals surface area contributed by atoms with Crippen molar-refractivity contribution in [3.63, 3.8) is 0 Å². The van der Waals surface area contributed by atoms with Gasteiger partial charge < -0.3 is 5.32 Å². The van der Waals surface area contributed by atoms with Crippen LogP contribution in [0.2, 0.25) is 0 Å². The van der Waals surface area contributed by atoms with Gasteiger partial charge >= 0.3 is 0 Å². The Bertz CT molecular complexity index is 1100. The third-order valence-electron chi connectivity index (χ3n) is 4.57. The number of hydrogen-bond acceptors (Lipinski definition) is 4. The van der Waals surface area contributed by atoms with Gasteiger partial charge in [-0.2, -0.15) is 4.72 Å².